The summed E-state index contributed by atoms with van der Waals surface area (Å²) in [5.74, 6) is -3.19. The normalized spacial score (nSPS) is 10.8. The van der Waals surface area contributed by atoms with Crippen LogP contribution >= 0.6 is 11.6 Å². The lowest BCUT2D eigenvalue weighted by Crippen LogP contribution is -2.36. The maximum atomic E-state index is 14.1. The highest BCUT2D eigenvalue weighted by Gasteiger charge is 2.22. The van der Waals surface area contributed by atoms with E-state index in [1.807, 2.05) is 12.1 Å². The van der Waals surface area contributed by atoms with E-state index in [4.69, 9.17) is 11.6 Å². The van der Waals surface area contributed by atoms with Crippen LogP contribution in [0.2, 0.25) is 5.02 Å². The molecule has 3 aromatic carbocycles. The fraction of sp³-hybridized carbons (Fsp3) is 0.148. The Bertz CT molecular complexity index is 1430. The van der Waals surface area contributed by atoms with Crippen molar-refractivity contribution in [3.63, 3.8) is 0 Å². The number of hydrogen-bond donors (Lipinski definition) is 3. The lowest BCUT2D eigenvalue weighted by atomic mass is 10.1. The molecule has 184 valence electrons. The van der Waals surface area contributed by atoms with Gasteiger partial charge in [0.1, 0.15) is 11.5 Å². The molecule has 0 fully saturated rings. The average molecular weight is 507 g/mol. The van der Waals surface area contributed by atoms with Crippen molar-refractivity contribution in [3.8, 4) is 0 Å². The largest absolute Gasteiger partial charge is 0.328 e. The van der Waals surface area contributed by atoms with Crippen molar-refractivity contribution >= 4 is 51.6 Å². The number of nitrogens with zero attached hydrogens (tertiary/aromatic N) is 1. The number of fused-ring (bicyclic) bond motifs is 1. The second kappa shape index (κ2) is 11.0. The van der Waals surface area contributed by atoms with Crippen LogP contribution in [-0.4, -0.2) is 22.4 Å². The van der Waals surface area contributed by atoms with Gasteiger partial charge in [-0.15, -0.1) is 0 Å². The Balaban J connectivity index is 1.55. The predicted molar refractivity (Wildman–Crippen MR) is 139 cm³/mol. The fourth-order valence-electron chi connectivity index (χ4n) is 3.70. The van der Waals surface area contributed by atoms with Crippen molar-refractivity contribution in [1.82, 2.24) is 4.68 Å². The molecule has 36 heavy (non-hydrogen) atoms. The number of hydrogen-bond acceptors (Lipinski definition) is 3. The molecule has 0 aliphatic carbocycles. The smallest absolute Gasteiger partial charge is 0.318 e. The van der Waals surface area contributed by atoms with Crippen molar-refractivity contribution in [2.45, 2.75) is 26.2 Å². The summed E-state index contributed by atoms with van der Waals surface area (Å²) < 4.78 is 15.2. The highest BCUT2D eigenvalue weighted by atomic mass is 35.5. The van der Waals surface area contributed by atoms with Gasteiger partial charge in [0, 0.05) is 16.1 Å². The van der Waals surface area contributed by atoms with Crippen molar-refractivity contribution in [3.05, 3.63) is 94.9 Å². The number of amides is 3. The maximum Gasteiger partial charge on any atom is 0.328 e. The lowest BCUT2D eigenvalue weighted by molar-refractivity contribution is -0.133. The first kappa shape index (κ1) is 24.9. The minimum atomic E-state index is -0.988. The number of rotatable bonds is 7. The van der Waals surface area contributed by atoms with Gasteiger partial charge in [-0.2, -0.15) is 0 Å². The van der Waals surface area contributed by atoms with Crippen LogP contribution in [-0.2, 0) is 16.0 Å². The van der Waals surface area contributed by atoms with Crippen molar-refractivity contribution in [1.29, 1.82) is 0 Å². The van der Waals surface area contributed by atoms with Crippen LogP contribution in [0, 0.1) is 5.82 Å². The van der Waals surface area contributed by atoms with E-state index in [1.165, 1.54) is 28.9 Å². The summed E-state index contributed by atoms with van der Waals surface area (Å²) in [5, 5.41) is 6.01. The molecule has 0 aliphatic rings. The number of carbonyl (C=O) groups excluding carboxylic acids is 3. The minimum Gasteiger partial charge on any atom is -0.318 e. The third-order valence-corrected chi connectivity index (χ3v) is 5.80. The molecule has 0 radical (unpaired) electrons. The molecular weight excluding hydrogens is 483 g/mol. The van der Waals surface area contributed by atoms with Crippen molar-refractivity contribution < 1.29 is 18.8 Å². The van der Waals surface area contributed by atoms with Gasteiger partial charge in [0.05, 0.1) is 11.2 Å². The Morgan fingerprint density at radius 3 is 2.39 bits per heavy atom. The molecule has 0 spiro atoms. The Morgan fingerprint density at radius 2 is 1.67 bits per heavy atom. The Hall–Kier alpha value is -4.17. The fourth-order valence-corrected chi connectivity index (χ4v) is 3.88. The molecule has 7 nitrogen and oxygen atoms in total. The lowest BCUT2D eigenvalue weighted by Gasteiger charge is -2.13. The molecule has 0 atom stereocenters. The SMILES string of the molecule is CCCCc1ccc(NC(=O)C(=O)Nn2c(C(=O)Nc3ccccc3F)cc3cc(Cl)ccc32)cc1. The van der Waals surface area contributed by atoms with Crippen LogP contribution < -0.4 is 16.1 Å². The molecule has 0 saturated carbocycles. The number of aromatic nitrogens is 1. The van der Waals surface area contributed by atoms with Gasteiger partial charge in [-0.25, -0.2) is 9.07 Å². The first-order valence-corrected chi connectivity index (χ1v) is 11.8. The second-order valence-corrected chi connectivity index (χ2v) is 8.63. The van der Waals surface area contributed by atoms with Crippen LogP contribution in [0.15, 0.2) is 72.8 Å². The zero-order valence-corrected chi connectivity index (χ0v) is 20.2. The number of benzene rings is 3. The van der Waals surface area contributed by atoms with E-state index >= 15 is 0 Å². The summed E-state index contributed by atoms with van der Waals surface area (Å²) >= 11 is 6.09. The zero-order valence-electron chi connectivity index (χ0n) is 19.5. The number of anilines is 2. The molecule has 1 heterocycles. The van der Waals surface area contributed by atoms with Gasteiger partial charge in [-0.3, -0.25) is 19.8 Å². The highest BCUT2D eigenvalue weighted by Crippen LogP contribution is 2.24. The number of nitrogens with one attached hydrogen (secondary N) is 3. The van der Waals surface area contributed by atoms with Crippen molar-refractivity contribution in [2.75, 3.05) is 16.1 Å². The quantitative estimate of drug-likeness (QED) is 0.279. The molecule has 4 aromatic rings. The summed E-state index contributed by atoms with van der Waals surface area (Å²) in [6.07, 6.45) is 3.09. The topological polar surface area (TPSA) is 92.2 Å². The van der Waals surface area contributed by atoms with Crippen LogP contribution in [0.25, 0.3) is 10.9 Å². The van der Waals surface area contributed by atoms with E-state index in [1.54, 1.807) is 36.4 Å². The van der Waals surface area contributed by atoms with Crippen LogP contribution in [0.5, 0.6) is 0 Å². The van der Waals surface area contributed by atoms with E-state index < -0.39 is 23.5 Å². The molecule has 0 unspecified atom stereocenters. The van der Waals surface area contributed by atoms with E-state index in [9.17, 15) is 18.8 Å². The standard InChI is InChI=1S/C27H24ClFN4O3/c1-2-3-6-17-9-12-20(13-10-17)30-26(35)27(36)32-33-23-14-11-19(28)15-18(23)16-24(33)25(34)31-22-8-5-4-7-21(22)29/h4-5,7-16H,2-3,6H2,1H3,(H,30,35)(H,31,34)(H,32,36). The van der Waals surface area contributed by atoms with E-state index in [2.05, 4.69) is 23.0 Å². The van der Waals surface area contributed by atoms with Gasteiger partial charge in [-0.1, -0.05) is 49.2 Å². The second-order valence-electron chi connectivity index (χ2n) is 8.20. The summed E-state index contributed by atoms with van der Waals surface area (Å²) in [4.78, 5) is 38.4. The average Bonchev–Trinajstić information content (AvgIpc) is 3.22. The Labute approximate surface area is 212 Å². The maximum absolute atomic E-state index is 14.1. The molecule has 3 N–H and O–H groups in total. The van der Waals surface area contributed by atoms with E-state index in [0.29, 0.717) is 21.6 Å². The molecule has 9 heteroatoms. The van der Waals surface area contributed by atoms with E-state index in [-0.39, 0.29) is 11.4 Å². The minimum absolute atomic E-state index is 0.0167. The van der Waals surface area contributed by atoms with Crippen molar-refractivity contribution in [2.24, 2.45) is 0 Å². The van der Waals surface area contributed by atoms with Gasteiger partial charge in [0.15, 0.2) is 0 Å². The van der Waals surface area contributed by atoms with Crippen LogP contribution in [0.4, 0.5) is 15.8 Å². The first-order valence-electron chi connectivity index (χ1n) is 11.4. The van der Waals surface area contributed by atoms with E-state index in [0.717, 1.165) is 24.8 Å². The summed E-state index contributed by atoms with van der Waals surface area (Å²) in [6.45, 7) is 2.12. The molecule has 0 saturated heterocycles. The molecule has 0 aliphatic heterocycles. The number of unbranched alkanes of at least 4 members (excludes halogenated alkanes) is 1. The summed E-state index contributed by atoms with van der Waals surface area (Å²) in [7, 11) is 0. The molecule has 4 rings (SSSR count). The van der Waals surface area contributed by atoms with Crippen LogP contribution in [0.3, 0.4) is 0 Å². The number of para-hydroxylation sites is 1. The van der Waals surface area contributed by atoms with Gasteiger partial charge in [0.2, 0.25) is 0 Å². The number of aryl methyl sites for hydroxylation is 1. The highest BCUT2D eigenvalue weighted by molar-refractivity contribution is 6.42. The van der Waals surface area contributed by atoms with Crippen LogP contribution in [0.1, 0.15) is 35.8 Å². The Kier molecular flexibility index (Phi) is 7.65. The van der Waals surface area contributed by atoms with Gasteiger partial charge >= 0.3 is 11.8 Å². The van der Waals surface area contributed by atoms with Gasteiger partial charge < -0.3 is 10.6 Å². The molecular formula is C27H24ClFN4O3. The Morgan fingerprint density at radius 1 is 0.917 bits per heavy atom. The third-order valence-electron chi connectivity index (χ3n) is 5.57. The predicted octanol–water partition coefficient (Wildman–Crippen LogP) is 5.74. The molecule has 3 amide bonds. The number of carbonyl (C=O) groups is 3. The summed E-state index contributed by atoms with van der Waals surface area (Å²) in [6, 6.07) is 19.3. The van der Waals surface area contributed by atoms with Gasteiger partial charge in [0.25, 0.3) is 5.91 Å². The zero-order chi connectivity index (χ0) is 25.7. The third kappa shape index (κ3) is 5.72. The molecule has 1 aromatic heterocycles. The summed E-state index contributed by atoms with van der Waals surface area (Å²) in [5.41, 5.74) is 4.46. The molecule has 0 bridgehead atoms. The van der Waals surface area contributed by atoms with Gasteiger partial charge in [-0.05, 0) is 66.9 Å². The number of halogens is 2. The monoisotopic (exact) mass is 506 g/mol. The first-order chi connectivity index (χ1) is 17.4.